The Morgan fingerprint density at radius 2 is 2.00 bits per heavy atom. The van der Waals surface area contributed by atoms with Gasteiger partial charge in [0.2, 0.25) is 10.0 Å². The molecule has 1 unspecified atom stereocenters. The first-order chi connectivity index (χ1) is 10.6. The van der Waals surface area contributed by atoms with Crippen molar-refractivity contribution in [1.29, 1.82) is 0 Å². The zero-order valence-electron chi connectivity index (χ0n) is 12.2. The number of alkyl halides is 3. The highest BCUT2D eigenvalue weighted by Crippen LogP contribution is 2.38. The van der Waals surface area contributed by atoms with E-state index >= 15 is 0 Å². The lowest BCUT2D eigenvalue weighted by molar-refractivity contribution is -0.385. The molecule has 1 fully saturated rings. The van der Waals surface area contributed by atoms with Gasteiger partial charge in [0.05, 0.1) is 15.4 Å². The van der Waals surface area contributed by atoms with Crippen LogP contribution in [-0.2, 0) is 16.2 Å². The molecule has 1 saturated heterocycles. The third kappa shape index (κ3) is 3.79. The van der Waals surface area contributed by atoms with Crippen LogP contribution in [0.5, 0.6) is 0 Å². The number of sulfonamides is 1. The fourth-order valence-electron chi connectivity index (χ4n) is 2.57. The Bertz CT molecular complexity index is 727. The maximum Gasteiger partial charge on any atom is 0.417 e. The van der Waals surface area contributed by atoms with Crippen molar-refractivity contribution < 1.29 is 26.5 Å². The van der Waals surface area contributed by atoms with Crippen molar-refractivity contribution in [1.82, 2.24) is 4.31 Å². The fraction of sp³-hybridized carbons (Fsp3) is 0.500. The monoisotopic (exact) mass is 389 g/mol. The summed E-state index contributed by atoms with van der Waals surface area (Å²) in [5, 5.41) is 10.7. The highest BCUT2D eigenvalue weighted by molar-refractivity contribution is 7.89. The quantitative estimate of drug-likeness (QED) is 0.627. The molecule has 1 aromatic rings. The Morgan fingerprint density at radius 1 is 1.38 bits per heavy atom. The van der Waals surface area contributed by atoms with E-state index < -0.39 is 43.3 Å². The number of rotatable bonds is 4. The van der Waals surface area contributed by atoms with Crippen molar-refractivity contribution in [2.24, 2.45) is 5.73 Å². The Labute approximate surface area is 142 Å². The number of nitro groups is 1. The molecule has 12 heteroatoms. The molecule has 1 atom stereocenters. The smallest absolute Gasteiger partial charge is 0.329 e. The van der Waals surface area contributed by atoms with Crippen molar-refractivity contribution in [3.63, 3.8) is 0 Å². The third-order valence-corrected chi connectivity index (χ3v) is 5.67. The first-order valence-electron chi connectivity index (χ1n) is 6.66. The molecule has 136 valence electrons. The Hall–Kier alpha value is -1.43. The SMILES string of the molecule is Cl.NCC1CCCN1S(=O)(=O)c1ccc([N+](=O)[O-])cc1C(F)(F)F. The van der Waals surface area contributed by atoms with Gasteiger partial charge >= 0.3 is 6.18 Å². The number of nitrogens with zero attached hydrogens (tertiary/aromatic N) is 2. The summed E-state index contributed by atoms with van der Waals surface area (Å²) in [5.41, 5.74) is 3.10. The van der Waals surface area contributed by atoms with Gasteiger partial charge in [-0.3, -0.25) is 10.1 Å². The van der Waals surface area contributed by atoms with E-state index in [1.54, 1.807) is 0 Å². The number of nitro benzene ring substituents is 1. The molecule has 0 aliphatic carbocycles. The minimum Gasteiger partial charge on any atom is -0.329 e. The van der Waals surface area contributed by atoms with Crippen LogP contribution >= 0.6 is 12.4 Å². The van der Waals surface area contributed by atoms with Gasteiger partial charge in [-0.2, -0.15) is 17.5 Å². The molecular weight excluding hydrogens is 375 g/mol. The summed E-state index contributed by atoms with van der Waals surface area (Å²) >= 11 is 0. The van der Waals surface area contributed by atoms with Crippen LogP contribution in [0.1, 0.15) is 18.4 Å². The minimum atomic E-state index is -5.04. The van der Waals surface area contributed by atoms with Gasteiger partial charge in [-0.1, -0.05) is 0 Å². The lowest BCUT2D eigenvalue weighted by Gasteiger charge is -2.24. The normalized spacial score (nSPS) is 19.1. The van der Waals surface area contributed by atoms with Gasteiger partial charge in [-0.25, -0.2) is 8.42 Å². The lowest BCUT2D eigenvalue weighted by Crippen LogP contribution is -2.40. The second kappa shape index (κ2) is 7.21. The van der Waals surface area contributed by atoms with Crippen molar-refractivity contribution >= 4 is 28.1 Å². The maximum atomic E-state index is 13.2. The van der Waals surface area contributed by atoms with Crippen LogP contribution in [0.25, 0.3) is 0 Å². The van der Waals surface area contributed by atoms with Crippen LogP contribution < -0.4 is 5.73 Å². The molecule has 0 saturated carbocycles. The molecule has 2 N–H and O–H groups in total. The van der Waals surface area contributed by atoms with E-state index in [1.807, 2.05) is 0 Å². The van der Waals surface area contributed by atoms with Gasteiger partial charge in [0, 0.05) is 31.3 Å². The van der Waals surface area contributed by atoms with E-state index in [4.69, 9.17) is 5.73 Å². The van der Waals surface area contributed by atoms with Crippen LogP contribution in [0, 0.1) is 10.1 Å². The second-order valence-corrected chi connectivity index (χ2v) is 6.94. The van der Waals surface area contributed by atoms with Gasteiger partial charge in [-0.05, 0) is 18.9 Å². The molecule has 1 aliphatic rings. The zero-order chi connectivity index (χ0) is 17.4. The predicted molar refractivity (Wildman–Crippen MR) is 81.3 cm³/mol. The maximum absolute atomic E-state index is 13.2. The Balaban J connectivity index is 0.00000288. The first kappa shape index (κ1) is 20.6. The van der Waals surface area contributed by atoms with Gasteiger partial charge in [0.15, 0.2) is 0 Å². The number of halogens is 4. The van der Waals surface area contributed by atoms with E-state index in [2.05, 4.69) is 0 Å². The largest absolute Gasteiger partial charge is 0.417 e. The van der Waals surface area contributed by atoms with E-state index in [0.29, 0.717) is 18.9 Å². The Kier molecular flexibility index (Phi) is 6.20. The summed E-state index contributed by atoms with van der Waals surface area (Å²) < 4.78 is 65.5. The Morgan fingerprint density at radius 3 is 2.50 bits per heavy atom. The first-order valence-corrected chi connectivity index (χ1v) is 8.10. The second-order valence-electron chi connectivity index (χ2n) is 5.08. The summed E-state index contributed by atoms with van der Waals surface area (Å²) in [4.78, 5) is 8.66. The molecule has 24 heavy (non-hydrogen) atoms. The summed E-state index contributed by atoms with van der Waals surface area (Å²) in [6.07, 6.45) is -4.08. The molecule has 1 aromatic carbocycles. The van der Waals surface area contributed by atoms with Crippen LogP contribution in [0.4, 0.5) is 18.9 Å². The van der Waals surface area contributed by atoms with Gasteiger partial charge in [0.25, 0.3) is 5.69 Å². The van der Waals surface area contributed by atoms with Crippen molar-refractivity contribution in [2.75, 3.05) is 13.1 Å². The lowest BCUT2D eigenvalue weighted by atomic mass is 10.2. The topological polar surface area (TPSA) is 107 Å². The van der Waals surface area contributed by atoms with Crippen LogP contribution in [0.15, 0.2) is 23.1 Å². The van der Waals surface area contributed by atoms with Crippen molar-refractivity contribution in [3.8, 4) is 0 Å². The fourth-order valence-corrected chi connectivity index (χ4v) is 4.46. The molecule has 7 nitrogen and oxygen atoms in total. The van der Waals surface area contributed by atoms with E-state index in [1.165, 1.54) is 0 Å². The van der Waals surface area contributed by atoms with Gasteiger partial charge in [0.1, 0.15) is 0 Å². The number of hydrogen-bond donors (Lipinski definition) is 1. The standard InChI is InChI=1S/C12H14F3N3O4S.ClH/c13-12(14,15)10-6-8(18(19)20)3-4-11(10)23(21,22)17-5-1-2-9(17)7-16;/h3-4,6,9H,1-2,5,7,16H2;1H. The highest BCUT2D eigenvalue weighted by Gasteiger charge is 2.42. The number of nitrogens with two attached hydrogens (primary N) is 1. The summed E-state index contributed by atoms with van der Waals surface area (Å²) in [6, 6.07) is 1.04. The number of hydrogen-bond acceptors (Lipinski definition) is 5. The van der Waals surface area contributed by atoms with Crippen LogP contribution in [-0.4, -0.2) is 36.8 Å². The average Bonchev–Trinajstić information content (AvgIpc) is 2.94. The third-order valence-electron chi connectivity index (χ3n) is 3.66. The summed E-state index contributed by atoms with van der Waals surface area (Å²) in [6.45, 7) is 0.0616. The van der Waals surface area contributed by atoms with Crippen molar-refractivity contribution in [2.45, 2.75) is 30.0 Å². The van der Waals surface area contributed by atoms with Gasteiger partial charge < -0.3 is 5.73 Å². The van der Waals surface area contributed by atoms with Gasteiger partial charge in [-0.15, -0.1) is 12.4 Å². The van der Waals surface area contributed by atoms with Crippen molar-refractivity contribution in [3.05, 3.63) is 33.9 Å². The molecule has 0 bridgehead atoms. The molecule has 0 radical (unpaired) electrons. The van der Waals surface area contributed by atoms with Crippen LogP contribution in [0.2, 0.25) is 0 Å². The summed E-state index contributed by atoms with van der Waals surface area (Å²) in [7, 11) is -4.45. The average molecular weight is 390 g/mol. The van der Waals surface area contributed by atoms with E-state index in [9.17, 15) is 31.7 Å². The van der Waals surface area contributed by atoms with Crippen LogP contribution in [0.3, 0.4) is 0 Å². The number of non-ortho nitro benzene ring substituents is 1. The highest BCUT2D eigenvalue weighted by atomic mass is 35.5. The molecule has 2 rings (SSSR count). The molecule has 0 amide bonds. The minimum absolute atomic E-state index is 0. The molecule has 1 aliphatic heterocycles. The van der Waals surface area contributed by atoms with E-state index in [-0.39, 0.29) is 31.6 Å². The molecular formula is C12H15ClF3N3O4S. The molecule has 0 spiro atoms. The molecule has 1 heterocycles. The summed E-state index contributed by atoms with van der Waals surface area (Å²) in [5.74, 6) is 0. The predicted octanol–water partition coefficient (Wildman–Crippen LogP) is 2.15. The van der Waals surface area contributed by atoms with E-state index in [0.717, 1.165) is 10.4 Å². The molecule has 0 aromatic heterocycles. The number of benzene rings is 1. The zero-order valence-corrected chi connectivity index (χ0v) is 13.8.